The molecule has 15 heavy (non-hydrogen) atoms. The molecule has 0 amide bonds. The molecule has 84 valence electrons. The second kappa shape index (κ2) is 6.02. The van der Waals surface area contributed by atoms with E-state index in [1.807, 2.05) is 6.92 Å². The van der Waals surface area contributed by atoms with Crippen molar-refractivity contribution in [2.45, 2.75) is 26.3 Å². The number of amidine groups is 1. The number of hydrogen-bond donors (Lipinski definition) is 3. The van der Waals surface area contributed by atoms with Crippen molar-refractivity contribution in [2.24, 2.45) is 10.9 Å². The molecule has 1 rings (SSSR count). The van der Waals surface area contributed by atoms with E-state index in [4.69, 9.17) is 15.4 Å². The number of hydrogen-bond acceptors (Lipinski definition) is 5. The van der Waals surface area contributed by atoms with Crippen molar-refractivity contribution >= 4 is 5.84 Å². The molecule has 6 nitrogen and oxygen atoms in total. The van der Waals surface area contributed by atoms with Gasteiger partial charge in [-0.3, -0.25) is 0 Å². The summed E-state index contributed by atoms with van der Waals surface area (Å²) in [5.41, 5.74) is 5.31. The van der Waals surface area contributed by atoms with Crippen LogP contribution >= 0.6 is 0 Å². The van der Waals surface area contributed by atoms with Crippen LogP contribution in [0.5, 0.6) is 0 Å². The summed E-state index contributed by atoms with van der Waals surface area (Å²) in [6.45, 7) is 3.23. The van der Waals surface area contributed by atoms with Gasteiger partial charge in [-0.2, -0.15) is 0 Å². The molecule has 0 unspecified atom stereocenters. The molecule has 0 bridgehead atoms. The summed E-state index contributed by atoms with van der Waals surface area (Å²) in [5, 5.41) is 14.3. The molecule has 6 heteroatoms. The predicted molar refractivity (Wildman–Crippen MR) is 55.6 cm³/mol. The fourth-order valence-corrected chi connectivity index (χ4v) is 1.12. The van der Waals surface area contributed by atoms with Gasteiger partial charge in [-0.15, -0.1) is 0 Å². The Labute approximate surface area is 88.2 Å². The Hall–Kier alpha value is -1.56. The van der Waals surface area contributed by atoms with Crippen LogP contribution in [0.1, 0.15) is 24.5 Å². The van der Waals surface area contributed by atoms with Crippen LogP contribution in [0.15, 0.2) is 15.8 Å². The van der Waals surface area contributed by atoms with E-state index in [0.717, 1.165) is 18.7 Å². The maximum atomic E-state index is 8.29. The molecule has 1 heterocycles. The first-order chi connectivity index (χ1) is 7.22. The second-order valence-electron chi connectivity index (χ2n) is 3.24. The SMILES string of the molecule is Cc1cnc(CNCCCC(N)=NO)o1. The zero-order chi connectivity index (χ0) is 11.1. The third kappa shape index (κ3) is 4.46. The zero-order valence-electron chi connectivity index (χ0n) is 8.73. The van der Waals surface area contributed by atoms with E-state index < -0.39 is 0 Å². The highest BCUT2D eigenvalue weighted by Crippen LogP contribution is 2.00. The minimum atomic E-state index is 0.253. The number of oxazole rings is 1. The number of nitrogens with zero attached hydrogens (tertiary/aromatic N) is 2. The van der Waals surface area contributed by atoms with E-state index in [2.05, 4.69) is 15.5 Å². The van der Waals surface area contributed by atoms with Crippen LogP contribution in [0.3, 0.4) is 0 Å². The summed E-state index contributed by atoms with van der Waals surface area (Å²) in [4.78, 5) is 4.05. The van der Waals surface area contributed by atoms with Crippen LogP contribution in [-0.2, 0) is 6.54 Å². The number of rotatable bonds is 6. The molecule has 0 radical (unpaired) electrons. The highest BCUT2D eigenvalue weighted by Gasteiger charge is 1.99. The molecular formula is C9H16N4O2. The van der Waals surface area contributed by atoms with E-state index in [1.54, 1.807) is 6.20 Å². The maximum Gasteiger partial charge on any atom is 0.208 e. The van der Waals surface area contributed by atoms with Crippen molar-refractivity contribution in [1.29, 1.82) is 0 Å². The Morgan fingerprint density at radius 2 is 2.53 bits per heavy atom. The van der Waals surface area contributed by atoms with Crippen LogP contribution in [0.2, 0.25) is 0 Å². The van der Waals surface area contributed by atoms with Crippen molar-refractivity contribution in [2.75, 3.05) is 6.54 Å². The number of oxime groups is 1. The minimum Gasteiger partial charge on any atom is -0.445 e. The van der Waals surface area contributed by atoms with Gasteiger partial charge in [-0.25, -0.2) is 4.98 Å². The van der Waals surface area contributed by atoms with Crippen LogP contribution in [-0.4, -0.2) is 22.6 Å². The van der Waals surface area contributed by atoms with Gasteiger partial charge in [0.25, 0.3) is 0 Å². The Morgan fingerprint density at radius 3 is 3.13 bits per heavy atom. The fourth-order valence-electron chi connectivity index (χ4n) is 1.12. The Balaban J connectivity index is 2.07. The van der Waals surface area contributed by atoms with Crippen molar-refractivity contribution < 1.29 is 9.62 Å². The van der Waals surface area contributed by atoms with Crippen LogP contribution in [0.25, 0.3) is 0 Å². The van der Waals surface area contributed by atoms with Gasteiger partial charge in [0.15, 0.2) is 0 Å². The van der Waals surface area contributed by atoms with E-state index in [0.29, 0.717) is 18.9 Å². The van der Waals surface area contributed by atoms with E-state index in [9.17, 15) is 0 Å². The molecule has 0 aliphatic rings. The summed E-state index contributed by atoms with van der Waals surface area (Å²) >= 11 is 0. The van der Waals surface area contributed by atoms with Crippen molar-refractivity contribution in [3.05, 3.63) is 17.8 Å². The van der Waals surface area contributed by atoms with Gasteiger partial charge in [0.05, 0.1) is 12.7 Å². The smallest absolute Gasteiger partial charge is 0.208 e. The van der Waals surface area contributed by atoms with E-state index in [-0.39, 0.29) is 5.84 Å². The minimum absolute atomic E-state index is 0.253. The lowest BCUT2D eigenvalue weighted by atomic mass is 10.3. The molecule has 0 spiro atoms. The molecule has 4 N–H and O–H groups in total. The third-order valence-electron chi connectivity index (χ3n) is 1.86. The third-order valence-corrected chi connectivity index (χ3v) is 1.86. The Bertz CT molecular complexity index is 322. The zero-order valence-corrected chi connectivity index (χ0v) is 8.73. The average molecular weight is 212 g/mol. The molecular weight excluding hydrogens is 196 g/mol. The summed E-state index contributed by atoms with van der Waals surface area (Å²) in [6.07, 6.45) is 3.08. The van der Waals surface area contributed by atoms with Gasteiger partial charge in [-0.05, 0) is 19.9 Å². The molecule has 0 aromatic carbocycles. The normalized spacial score (nSPS) is 11.9. The van der Waals surface area contributed by atoms with Crippen molar-refractivity contribution in [3.8, 4) is 0 Å². The van der Waals surface area contributed by atoms with Crippen LogP contribution in [0, 0.1) is 6.92 Å². The van der Waals surface area contributed by atoms with Crippen LogP contribution < -0.4 is 11.1 Å². The maximum absolute atomic E-state index is 8.29. The monoisotopic (exact) mass is 212 g/mol. The topological polar surface area (TPSA) is 96.7 Å². The first-order valence-corrected chi connectivity index (χ1v) is 4.81. The first kappa shape index (κ1) is 11.5. The molecule has 1 aromatic rings. The lowest BCUT2D eigenvalue weighted by Crippen LogP contribution is -2.18. The molecule has 0 saturated carbocycles. The van der Waals surface area contributed by atoms with Gasteiger partial charge in [0.2, 0.25) is 5.89 Å². The van der Waals surface area contributed by atoms with Gasteiger partial charge in [-0.1, -0.05) is 5.16 Å². The van der Waals surface area contributed by atoms with Gasteiger partial charge in [0.1, 0.15) is 11.6 Å². The fraction of sp³-hybridized carbons (Fsp3) is 0.556. The average Bonchev–Trinajstić information content (AvgIpc) is 2.63. The largest absolute Gasteiger partial charge is 0.445 e. The Morgan fingerprint density at radius 1 is 1.73 bits per heavy atom. The molecule has 0 saturated heterocycles. The second-order valence-corrected chi connectivity index (χ2v) is 3.24. The van der Waals surface area contributed by atoms with E-state index >= 15 is 0 Å². The van der Waals surface area contributed by atoms with Crippen molar-refractivity contribution in [3.63, 3.8) is 0 Å². The number of nitrogens with two attached hydrogens (primary N) is 1. The lowest BCUT2D eigenvalue weighted by molar-refractivity contribution is 0.316. The predicted octanol–water partition coefficient (Wildman–Crippen LogP) is 0.599. The standard InChI is InChI=1S/C9H16N4O2/c1-7-5-12-9(15-7)6-11-4-2-3-8(10)13-14/h5,11,14H,2-4,6H2,1H3,(H2,10,13). The molecule has 0 fully saturated rings. The highest BCUT2D eigenvalue weighted by atomic mass is 16.4. The summed E-state index contributed by atoms with van der Waals surface area (Å²) in [7, 11) is 0. The van der Waals surface area contributed by atoms with Crippen LogP contribution in [0.4, 0.5) is 0 Å². The lowest BCUT2D eigenvalue weighted by Gasteiger charge is -2.00. The molecule has 0 aliphatic carbocycles. The Kier molecular flexibility index (Phi) is 4.62. The van der Waals surface area contributed by atoms with Gasteiger partial charge >= 0.3 is 0 Å². The molecule has 0 atom stereocenters. The number of nitrogens with one attached hydrogen (secondary N) is 1. The van der Waals surface area contributed by atoms with Gasteiger partial charge < -0.3 is 20.7 Å². The molecule has 1 aromatic heterocycles. The van der Waals surface area contributed by atoms with E-state index in [1.165, 1.54) is 0 Å². The summed E-state index contributed by atoms with van der Waals surface area (Å²) in [5.74, 6) is 1.74. The highest BCUT2D eigenvalue weighted by molar-refractivity contribution is 5.79. The van der Waals surface area contributed by atoms with Gasteiger partial charge in [0, 0.05) is 6.42 Å². The first-order valence-electron chi connectivity index (χ1n) is 4.81. The number of aryl methyl sites for hydroxylation is 1. The quantitative estimate of drug-likeness (QED) is 0.211. The summed E-state index contributed by atoms with van der Waals surface area (Å²) in [6, 6.07) is 0. The summed E-state index contributed by atoms with van der Waals surface area (Å²) < 4.78 is 5.27. The number of aromatic nitrogens is 1. The molecule has 0 aliphatic heterocycles. The van der Waals surface area contributed by atoms with Crippen molar-refractivity contribution in [1.82, 2.24) is 10.3 Å².